The minimum absolute atomic E-state index is 0.440. The van der Waals surface area contributed by atoms with Crippen molar-refractivity contribution in [2.24, 2.45) is 5.41 Å². The number of fused-ring (bicyclic) bond motifs is 2. The number of benzene rings is 2. The van der Waals surface area contributed by atoms with E-state index in [0.29, 0.717) is 22.8 Å². The van der Waals surface area contributed by atoms with Crippen LogP contribution in [0.25, 0.3) is 22.4 Å². The van der Waals surface area contributed by atoms with Gasteiger partial charge in [-0.15, -0.1) is 0 Å². The van der Waals surface area contributed by atoms with Gasteiger partial charge in [-0.3, -0.25) is 10.00 Å². The minimum Gasteiger partial charge on any atom is -0.486 e. The van der Waals surface area contributed by atoms with Gasteiger partial charge in [0.05, 0.1) is 16.9 Å². The lowest BCUT2D eigenvalue weighted by Gasteiger charge is -2.54. The number of nitrogens with zero attached hydrogens (tertiary/aromatic N) is 4. The molecule has 1 saturated carbocycles. The molecule has 2 aliphatic heterocycles. The number of hydrogen-bond donors (Lipinski definition) is 2. The van der Waals surface area contributed by atoms with Gasteiger partial charge in [0.25, 0.3) is 0 Å². The van der Waals surface area contributed by atoms with Crippen LogP contribution in [-0.2, 0) is 13.1 Å². The number of ether oxygens (including phenoxy) is 1. The molecule has 2 N–H and O–H groups in total. The second kappa shape index (κ2) is 8.88. The van der Waals surface area contributed by atoms with Crippen LogP contribution in [0.5, 0.6) is 5.75 Å². The summed E-state index contributed by atoms with van der Waals surface area (Å²) in [6.45, 7) is 6.01. The molecule has 7 rings (SSSR count). The first-order valence-corrected chi connectivity index (χ1v) is 13.5. The third kappa shape index (κ3) is 4.18. The third-order valence-electron chi connectivity index (χ3n) is 8.91. The van der Waals surface area contributed by atoms with Gasteiger partial charge in [-0.2, -0.15) is 5.10 Å². The van der Waals surface area contributed by atoms with E-state index in [2.05, 4.69) is 32.0 Å². The number of halogens is 2. The molecule has 4 aromatic rings. The second-order valence-corrected chi connectivity index (χ2v) is 11.5. The van der Waals surface area contributed by atoms with E-state index < -0.39 is 17.7 Å². The van der Waals surface area contributed by atoms with E-state index in [1.165, 1.54) is 56.6 Å². The maximum absolute atomic E-state index is 13.7. The van der Waals surface area contributed by atoms with Crippen LogP contribution in [-0.4, -0.2) is 56.1 Å². The first kappa shape index (κ1) is 23.8. The molecule has 1 unspecified atom stereocenters. The molecule has 2 fully saturated rings. The molecule has 4 heterocycles. The van der Waals surface area contributed by atoms with E-state index in [4.69, 9.17) is 9.72 Å². The Labute approximate surface area is 220 Å². The Morgan fingerprint density at radius 3 is 2.55 bits per heavy atom. The number of rotatable bonds is 5. The first-order valence-electron chi connectivity index (χ1n) is 13.5. The summed E-state index contributed by atoms with van der Waals surface area (Å²) in [5.74, 6) is 0.103. The highest BCUT2D eigenvalue weighted by molar-refractivity contribution is 5.92. The van der Waals surface area contributed by atoms with E-state index in [0.717, 1.165) is 47.3 Å². The maximum Gasteiger partial charge on any atom is 0.159 e. The largest absolute Gasteiger partial charge is 0.486 e. The summed E-state index contributed by atoms with van der Waals surface area (Å²) in [7, 11) is 2.23. The molecule has 3 aliphatic rings. The third-order valence-corrected chi connectivity index (χ3v) is 8.91. The average Bonchev–Trinajstić information content (AvgIpc) is 3.55. The van der Waals surface area contributed by atoms with Gasteiger partial charge in [-0.05, 0) is 94.1 Å². The van der Waals surface area contributed by atoms with Crippen molar-refractivity contribution >= 4 is 10.9 Å². The zero-order chi connectivity index (χ0) is 26.0. The molecule has 0 bridgehead atoms. The summed E-state index contributed by atoms with van der Waals surface area (Å²) in [6, 6.07) is 9.72. The van der Waals surface area contributed by atoms with Gasteiger partial charge in [0.2, 0.25) is 0 Å². The van der Waals surface area contributed by atoms with Gasteiger partial charge in [0.1, 0.15) is 29.2 Å². The van der Waals surface area contributed by atoms with Crippen molar-refractivity contribution < 1.29 is 13.5 Å². The molecule has 1 spiro atoms. The maximum atomic E-state index is 13.7. The van der Waals surface area contributed by atoms with Crippen molar-refractivity contribution in [3.63, 3.8) is 0 Å². The fourth-order valence-electron chi connectivity index (χ4n) is 6.56. The van der Waals surface area contributed by atoms with Gasteiger partial charge in [-0.25, -0.2) is 13.8 Å². The Bertz CT molecular complexity index is 1450. The Morgan fingerprint density at radius 2 is 1.82 bits per heavy atom. The van der Waals surface area contributed by atoms with Gasteiger partial charge in [0.15, 0.2) is 5.82 Å². The van der Waals surface area contributed by atoms with Gasteiger partial charge < -0.3 is 14.6 Å². The summed E-state index contributed by atoms with van der Waals surface area (Å²) < 4.78 is 33.4. The van der Waals surface area contributed by atoms with E-state index in [1.54, 1.807) is 6.92 Å². The highest BCUT2D eigenvalue weighted by Gasteiger charge is 2.48. The second-order valence-electron chi connectivity index (χ2n) is 11.5. The fraction of sp³-hybridized carbons (Fsp3) is 0.448. The van der Waals surface area contributed by atoms with Crippen molar-refractivity contribution in [2.75, 3.05) is 20.1 Å². The Kier molecular flexibility index (Phi) is 5.56. The lowest BCUT2D eigenvalue weighted by molar-refractivity contribution is -0.0412. The van der Waals surface area contributed by atoms with Crippen LogP contribution < -0.4 is 4.74 Å². The molecule has 1 atom stereocenters. The topological polar surface area (TPSA) is 73.1 Å². The number of imidazole rings is 1. The lowest BCUT2D eigenvalue weighted by Crippen LogP contribution is -2.53. The molecule has 7 nitrogen and oxygen atoms in total. The average molecular weight is 519 g/mol. The van der Waals surface area contributed by atoms with Crippen LogP contribution in [0, 0.1) is 17.0 Å². The highest BCUT2D eigenvalue weighted by atomic mass is 19.1. The summed E-state index contributed by atoms with van der Waals surface area (Å²) in [5.41, 5.74) is 4.90. The standard InChI is InChI=1S/C29H32F2N6O/c1-17(18-9-19(30)11-20(31)10-18)38-22-3-4-24-23(12-22)27(35-34-24)28-32-25-15-37(16-26(25)33-28)21-13-29(14-21)5-7-36(2)8-6-29/h3-4,9-12,17,21H,5-8,13-16H2,1-2H3,(H,32,33)(H,34,35). The van der Waals surface area contributed by atoms with Crippen LogP contribution in [0.1, 0.15) is 55.7 Å². The van der Waals surface area contributed by atoms with E-state index in [9.17, 15) is 8.78 Å². The molecule has 2 aromatic heterocycles. The summed E-state index contributed by atoms with van der Waals surface area (Å²) >= 11 is 0. The number of nitrogens with one attached hydrogen (secondary N) is 2. The smallest absolute Gasteiger partial charge is 0.159 e. The molecule has 9 heteroatoms. The van der Waals surface area contributed by atoms with Crippen molar-refractivity contribution in [2.45, 2.75) is 57.8 Å². The van der Waals surface area contributed by atoms with E-state index in [-0.39, 0.29) is 0 Å². The molecular weight excluding hydrogens is 486 g/mol. The predicted molar refractivity (Wildman–Crippen MR) is 141 cm³/mol. The lowest BCUT2D eigenvalue weighted by atomic mass is 9.60. The number of likely N-dealkylation sites (tertiary alicyclic amines) is 1. The predicted octanol–water partition coefficient (Wildman–Crippen LogP) is 5.56. The van der Waals surface area contributed by atoms with Crippen molar-refractivity contribution in [1.29, 1.82) is 0 Å². The van der Waals surface area contributed by atoms with Crippen LogP contribution in [0.3, 0.4) is 0 Å². The monoisotopic (exact) mass is 518 g/mol. The number of hydrogen-bond acceptors (Lipinski definition) is 5. The highest BCUT2D eigenvalue weighted by Crippen LogP contribution is 2.52. The molecular formula is C29H32F2N6O. The van der Waals surface area contributed by atoms with Crippen LogP contribution in [0.4, 0.5) is 8.78 Å². The summed E-state index contributed by atoms with van der Waals surface area (Å²) in [4.78, 5) is 13.5. The Hall–Kier alpha value is -3.30. The first-order chi connectivity index (χ1) is 18.3. The van der Waals surface area contributed by atoms with Gasteiger partial charge in [0, 0.05) is 30.6 Å². The van der Waals surface area contributed by atoms with Crippen LogP contribution in [0.2, 0.25) is 0 Å². The number of aromatic nitrogens is 4. The molecule has 38 heavy (non-hydrogen) atoms. The SMILES string of the molecule is CC(Oc1ccc2[nH]nc(-c3nc4c([nH]3)CN(C3CC5(CCN(C)CC5)C3)C4)c2c1)c1cc(F)cc(F)c1. The molecule has 1 aliphatic carbocycles. The number of piperidine rings is 1. The van der Waals surface area contributed by atoms with Crippen molar-refractivity contribution in [3.05, 3.63) is 65.0 Å². The summed E-state index contributed by atoms with van der Waals surface area (Å²) in [6.07, 6.45) is 4.76. The van der Waals surface area contributed by atoms with Gasteiger partial charge in [-0.1, -0.05) is 0 Å². The fourth-order valence-corrected chi connectivity index (χ4v) is 6.56. The van der Waals surface area contributed by atoms with Gasteiger partial charge >= 0.3 is 0 Å². The molecule has 1 saturated heterocycles. The van der Waals surface area contributed by atoms with Crippen LogP contribution in [0.15, 0.2) is 36.4 Å². The number of aromatic amines is 2. The molecule has 0 radical (unpaired) electrons. The molecule has 2 aromatic carbocycles. The molecule has 0 amide bonds. The Balaban J connectivity index is 1.05. The van der Waals surface area contributed by atoms with Crippen molar-refractivity contribution in [3.8, 4) is 17.3 Å². The summed E-state index contributed by atoms with van der Waals surface area (Å²) in [5, 5.41) is 8.50. The Morgan fingerprint density at radius 1 is 1.05 bits per heavy atom. The van der Waals surface area contributed by atoms with E-state index in [1.807, 2.05) is 18.2 Å². The zero-order valence-corrected chi connectivity index (χ0v) is 21.7. The van der Waals surface area contributed by atoms with Crippen molar-refractivity contribution in [1.82, 2.24) is 30.0 Å². The normalized spacial score (nSPS) is 20.6. The minimum atomic E-state index is -0.619. The van der Waals surface area contributed by atoms with Crippen LogP contribution >= 0.6 is 0 Å². The van der Waals surface area contributed by atoms with E-state index >= 15 is 0 Å². The number of H-pyrrole nitrogens is 2. The zero-order valence-electron chi connectivity index (χ0n) is 21.7. The molecule has 198 valence electrons. The quantitative estimate of drug-likeness (QED) is 0.362.